The van der Waals surface area contributed by atoms with Gasteiger partial charge in [-0.2, -0.15) is 0 Å². The average molecular weight is 778 g/mol. The number of amides is 2. The third kappa shape index (κ3) is 37.0. The van der Waals surface area contributed by atoms with Crippen molar-refractivity contribution in [2.75, 3.05) is 13.2 Å². The predicted octanol–water partition coefficient (Wildman–Crippen LogP) is 11.3. The number of rotatable bonds is 41. The Morgan fingerprint density at radius 2 is 0.927 bits per heavy atom. The highest BCUT2D eigenvalue weighted by molar-refractivity contribution is 5.90. The highest BCUT2D eigenvalue weighted by Crippen LogP contribution is 2.16. The van der Waals surface area contributed by atoms with E-state index in [0.29, 0.717) is 38.8 Å². The summed E-state index contributed by atoms with van der Waals surface area (Å²) in [7, 11) is 0. The van der Waals surface area contributed by atoms with Crippen molar-refractivity contribution in [3.63, 3.8) is 0 Å². The van der Waals surface area contributed by atoms with E-state index in [1.165, 1.54) is 148 Å². The number of aliphatic imine (C=N–C) groups is 1. The number of esters is 1. The minimum Gasteiger partial charge on any atom is -0.464 e. The van der Waals surface area contributed by atoms with Crippen LogP contribution in [0.3, 0.4) is 0 Å². The summed E-state index contributed by atoms with van der Waals surface area (Å²) in [5.74, 6) is -0.720. The molecule has 0 spiro atoms. The second kappa shape index (κ2) is 39.9. The van der Waals surface area contributed by atoms with Crippen molar-refractivity contribution in [1.29, 1.82) is 0 Å². The summed E-state index contributed by atoms with van der Waals surface area (Å²) in [6.07, 6.45) is 38.6. The minimum absolute atomic E-state index is 0.00475. The van der Waals surface area contributed by atoms with Gasteiger partial charge in [0.15, 0.2) is 5.96 Å². The van der Waals surface area contributed by atoms with Gasteiger partial charge in [0.2, 0.25) is 11.8 Å². The summed E-state index contributed by atoms with van der Waals surface area (Å²) in [4.78, 5) is 43.6. The summed E-state index contributed by atoms with van der Waals surface area (Å²) >= 11 is 0. The van der Waals surface area contributed by atoms with Crippen molar-refractivity contribution < 1.29 is 19.1 Å². The first-order valence-corrected chi connectivity index (χ1v) is 23.5. The molecule has 0 saturated carbocycles. The normalized spacial score (nSPS) is 12.4. The van der Waals surface area contributed by atoms with Gasteiger partial charge in [0.05, 0.1) is 6.61 Å². The van der Waals surface area contributed by atoms with Crippen LogP contribution in [0.1, 0.15) is 240 Å². The molecule has 9 nitrogen and oxygen atoms in total. The highest BCUT2D eigenvalue weighted by atomic mass is 16.5. The Morgan fingerprint density at radius 3 is 1.33 bits per heavy atom. The van der Waals surface area contributed by atoms with Crippen molar-refractivity contribution in [3.8, 4) is 0 Å². The van der Waals surface area contributed by atoms with E-state index in [9.17, 15) is 14.4 Å². The van der Waals surface area contributed by atoms with E-state index >= 15 is 0 Å². The number of hydrogen-bond acceptors (Lipinski definition) is 5. The van der Waals surface area contributed by atoms with E-state index in [1.807, 2.05) is 13.8 Å². The second-order valence-electron chi connectivity index (χ2n) is 16.7. The topological polar surface area (TPSA) is 149 Å². The van der Waals surface area contributed by atoms with E-state index in [1.54, 1.807) is 0 Å². The van der Waals surface area contributed by atoms with Crippen LogP contribution in [0.25, 0.3) is 0 Å². The molecule has 2 amide bonds. The van der Waals surface area contributed by atoms with E-state index in [4.69, 9.17) is 16.2 Å². The van der Waals surface area contributed by atoms with Crippen molar-refractivity contribution >= 4 is 23.7 Å². The van der Waals surface area contributed by atoms with Crippen LogP contribution in [0.4, 0.5) is 0 Å². The van der Waals surface area contributed by atoms with Crippen LogP contribution in [-0.2, 0) is 19.1 Å². The molecule has 0 aliphatic rings. The predicted molar refractivity (Wildman–Crippen MR) is 234 cm³/mol. The number of guanidine groups is 1. The molecule has 0 aliphatic carbocycles. The number of nitrogens with two attached hydrogens (primary N) is 2. The molecule has 55 heavy (non-hydrogen) atoms. The number of ether oxygens (including phenoxy) is 1. The molecule has 0 aromatic carbocycles. The van der Waals surface area contributed by atoms with Gasteiger partial charge in [-0.1, -0.05) is 201 Å². The maximum Gasteiger partial charge on any atom is 0.328 e. The lowest BCUT2D eigenvalue weighted by molar-refractivity contribution is -0.148. The first-order chi connectivity index (χ1) is 26.7. The molecule has 0 unspecified atom stereocenters. The van der Waals surface area contributed by atoms with Crippen LogP contribution >= 0.6 is 0 Å². The van der Waals surface area contributed by atoms with Crippen molar-refractivity contribution in [1.82, 2.24) is 10.6 Å². The summed E-state index contributed by atoms with van der Waals surface area (Å²) in [6.45, 7) is 9.27. The number of nitrogens with one attached hydrogen (secondary N) is 2. The zero-order valence-electron chi connectivity index (χ0n) is 36.7. The molecule has 0 bridgehead atoms. The largest absolute Gasteiger partial charge is 0.464 e. The van der Waals surface area contributed by atoms with Crippen LogP contribution in [0.15, 0.2) is 4.99 Å². The standard InChI is InChI=1S/C46H91N5O4/c1-5-7-9-11-13-15-17-19-20-21-23-25-27-29-31-33-38-55-45(54)41(35-34-37-49-46(47)48)51-44(53)42(39-40(3)4)50-43(52)36-32-30-28-26-24-22-18-16-14-12-10-8-6-2/h40-42H,5-39H2,1-4H3,(H,50,52)(H,51,53)(H4,47,48,49)/t41-,42-/m0/s1. The quantitative estimate of drug-likeness (QED) is 0.0210. The van der Waals surface area contributed by atoms with Gasteiger partial charge in [-0.15, -0.1) is 0 Å². The van der Waals surface area contributed by atoms with Crippen LogP contribution in [0, 0.1) is 5.92 Å². The van der Waals surface area contributed by atoms with Crippen molar-refractivity contribution in [3.05, 3.63) is 0 Å². The summed E-state index contributed by atoms with van der Waals surface area (Å²) < 4.78 is 5.65. The first-order valence-electron chi connectivity index (χ1n) is 23.5. The lowest BCUT2D eigenvalue weighted by atomic mass is 10.0. The molecule has 0 radical (unpaired) electrons. The van der Waals surface area contributed by atoms with Crippen LogP contribution in [-0.4, -0.2) is 49.0 Å². The van der Waals surface area contributed by atoms with Gasteiger partial charge in [0.1, 0.15) is 12.1 Å². The van der Waals surface area contributed by atoms with Crippen LogP contribution in [0.2, 0.25) is 0 Å². The number of nitrogens with zero attached hydrogens (tertiary/aromatic N) is 1. The Balaban J connectivity index is 4.49. The van der Waals surface area contributed by atoms with Crippen LogP contribution in [0.5, 0.6) is 0 Å². The third-order valence-electron chi connectivity index (χ3n) is 10.7. The molecule has 0 heterocycles. The maximum atomic E-state index is 13.5. The van der Waals surface area contributed by atoms with Gasteiger partial charge < -0.3 is 26.8 Å². The summed E-state index contributed by atoms with van der Waals surface area (Å²) in [5.41, 5.74) is 11.0. The number of unbranched alkanes of at least 4 members (excludes halogenated alkanes) is 27. The van der Waals surface area contributed by atoms with Crippen molar-refractivity contribution in [2.24, 2.45) is 22.4 Å². The zero-order chi connectivity index (χ0) is 40.6. The SMILES string of the molecule is CCCCCCCCCCCCCCCCCCOC(=O)[C@H](CCCN=C(N)N)NC(=O)[C@H](CC(C)C)NC(=O)CCCCCCCCCCCCCCC. The van der Waals surface area contributed by atoms with Gasteiger partial charge in [-0.25, -0.2) is 4.79 Å². The summed E-state index contributed by atoms with van der Waals surface area (Å²) in [6, 6.07) is -1.53. The number of hydrogen-bond donors (Lipinski definition) is 4. The van der Waals surface area contributed by atoms with E-state index in [2.05, 4.69) is 29.5 Å². The molecule has 324 valence electrons. The molecule has 0 aromatic rings. The molecule has 0 aromatic heterocycles. The fourth-order valence-corrected chi connectivity index (χ4v) is 7.22. The fraction of sp³-hybridized carbons (Fsp3) is 0.913. The maximum absolute atomic E-state index is 13.5. The van der Waals surface area contributed by atoms with Gasteiger partial charge in [-0.05, 0) is 38.0 Å². The number of carbonyl (C=O) groups is 3. The van der Waals surface area contributed by atoms with E-state index < -0.39 is 18.1 Å². The van der Waals surface area contributed by atoms with E-state index in [0.717, 1.165) is 38.5 Å². The molecule has 0 fully saturated rings. The first kappa shape index (κ1) is 52.7. The zero-order valence-corrected chi connectivity index (χ0v) is 36.7. The monoisotopic (exact) mass is 778 g/mol. The smallest absolute Gasteiger partial charge is 0.328 e. The Bertz CT molecular complexity index is 924. The molecule has 0 rings (SSSR count). The lowest BCUT2D eigenvalue weighted by Crippen LogP contribution is -2.52. The van der Waals surface area contributed by atoms with Crippen LogP contribution < -0.4 is 22.1 Å². The number of carbonyl (C=O) groups excluding carboxylic acids is 3. The highest BCUT2D eigenvalue weighted by Gasteiger charge is 2.28. The fourth-order valence-electron chi connectivity index (χ4n) is 7.22. The third-order valence-corrected chi connectivity index (χ3v) is 10.7. The molecule has 9 heteroatoms. The minimum atomic E-state index is -0.824. The Kier molecular flexibility index (Phi) is 38.2. The second-order valence-corrected chi connectivity index (χ2v) is 16.7. The lowest BCUT2D eigenvalue weighted by Gasteiger charge is -2.24. The van der Waals surface area contributed by atoms with Gasteiger partial charge >= 0.3 is 5.97 Å². The summed E-state index contributed by atoms with van der Waals surface area (Å²) in [5, 5.41) is 5.86. The molecular weight excluding hydrogens is 687 g/mol. The average Bonchev–Trinajstić information content (AvgIpc) is 3.15. The van der Waals surface area contributed by atoms with Crippen molar-refractivity contribution in [2.45, 2.75) is 252 Å². The molecular formula is C46H91N5O4. The molecule has 0 saturated heterocycles. The Hall–Kier alpha value is -2.32. The Morgan fingerprint density at radius 1 is 0.527 bits per heavy atom. The van der Waals surface area contributed by atoms with Gasteiger partial charge in [0.25, 0.3) is 0 Å². The molecule has 2 atom stereocenters. The van der Waals surface area contributed by atoms with Gasteiger partial charge in [0, 0.05) is 13.0 Å². The molecule has 0 aliphatic heterocycles. The Labute approximate surface area is 339 Å². The van der Waals surface area contributed by atoms with Gasteiger partial charge in [-0.3, -0.25) is 14.6 Å². The van der Waals surface area contributed by atoms with E-state index in [-0.39, 0.29) is 23.7 Å². The molecule has 6 N–H and O–H groups in total.